The summed E-state index contributed by atoms with van der Waals surface area (Å²) in [5.41, 5.74) is 5.29. The van der Waals surface area contributed by atoms with Gasteiger partial charge in [-0.25, -0.2) is 4.79 Å². The molecule has 0 saturated heterocycles. The molecule has 1 aromatic carbocycles. The second-order valence-electron chi connectivity index (χ2n) is 2.51. The number of rotatable bonds is 2. The van der Waals surface area contributed by atoms with Crippen LogP contribution in [0.5, 0.6) is 5.75 Å². The topological polar surface area (TPSA) is 69.4 Å². The molecule has 1 rings (SSSR count). The predicted octanol–water partition coefficient (Wildman–Crippen LogP) is 1.35. The van der Waals surface area contributed by atoms with Gasteiger partial charge in [0.1, 0.15) is 5.75 Å². The number of primary amides is 1. The molecule has 0 fully saturated rings. The molecule has 0 spiro atoms. The van der Waals surface area contributed by atoms with Gasteiger partial charge in [-0.3, -0.25) is 4.79 Å². The van der Waals surface area contributed by atoms with E-state index in [1.165, 1.54) is 13.0 Å². The van der Waals surface area contributed by atoms with E-state index in [9.17, 15) is 9.59 Å². The van der Waals surface area contributed by atoms with Gasteiger partial charge in [-0.1, -0.05) is 12.1 Å². The number of nitrogens with two attached hydrogens (primary N) is 1. The van der Waals surface area contributed by atoms with Crippen molar-refractivity contribution in [2.45, 2.75) is 6.92 Å². The van der Waals surface area contributed by atoms with Gasteiger partial charge in [0.15, 0.2) is 5.78 Å². The van der Waals surface area contributed by atoms with Gasteiger partial charge in [-0.2, -0.15) is 0 Å². The molecule has 4 heteroatoms. The van der Waals surface area contributed by atoms with Crippen molar-refractivity contribution in [3.8, 4) is 5.75 Å². The highest BCUT2D eigenvalue weighted by atomic mass is 16.5. The third-order valence-electron chi connectivity index (χ3n) is 1.46. The fourth-order valence-electron chi connectivity index (χ4n) is 0.895. The van der Waals surface area contributed by atoms with Gasteiger partial charge in [-0.15, -0.1) is 0 Å². The van der Waals surface area contributed by atoms with Crippen LogP contribution in [0.15, 0.2) is 24.3 Å². The van der Waals surface area contributed by atoms with E-state index in [0.29, 0.717) is 5.56 Å². The number of hydrogen-bond acceptors (Lipinski definition) is 3. The molecule has 2 N–H and O–H groups in total. The molecule has 4 nitrogen and oxygen atoms in total. The summed E-state index contributed by atoms with van der Waals surface area (Å²) in [4.78, 5) is 21.3. The van der Waals surface area contributed by atoms with Crippen molar-refractivity contribution in [2.24, 2.45) is 5.73 Å². The number of hydrogen-bond donors (Lipinski definition) is 1. The summed E-state index contributed by atoms with van der Waals surface area (Å²) in [6.07, 6.45) is -0.888. The van der Waals surface area contributed by atoms with Crippen molar-refractivity contribution in [2.75, 3.05) is 0 Å². The molecule has 0 radical (unpaired) electrons. The van der Waals surface area contributed by atoms with E-state index in [2.05, 4.69) is 4.74 Å². The zero-order chi connectivity index (χ0) is 9.84. The largest absolute Gasteiger partial charge is 0.410 e. The van der Waals surface area contributed by atoms with Gasteiger partial charge >= 0.3 is 6.09 Å². The smallest absolute Gasteiger partial charge is 0.409 e. The Balaban J connectivity index is 2.91. The fraction of sp³-hybridized carbons (Fsp3) is 0.111. The lowest BCUT2D eigenvalue weighted by Crippen LogP contribution is -2.16. The number of amides is 1. The minimum absolute atomic E-state index is 0.0880. The molecule has 0 atom stereocenters. The van der Waals surface area contributed by atoms with Gasteiger partial charge in [0.25, 0.3) is 0 Å². The van der Waals surface area contributed by atoms with Crippen molar-refractivity contribution in [3.63, 3.8) is 0 Å². The number of benzene rings is 1. The molecule has 1 amide bonds. The number of ether oxygens (including phenoxy) is 1. The molecular formula is C9H9NO3. The van der Waals surface area contributed by atoms with Crippen molar-refractivity contribution >= 4 is 11.9 Å². The Labute approximate surface area is 75.3 Å². The lowest BCUT2D eigenvalue weighted by molar-refractivity contribution is 0.101. The first-order valence-corrected chi connectivity index (χ1v) is 3.68. The van der Waals surface area contributed by atoms with E-state index in [-0.39, 0.29) is 11.5 Å². The number of carbonyl (C=O) groups excluding carboxylic acids is 2. The lowest BCUT2D eigenvalue weighted by atomic mass is 10.1. The third kappa shape index (κ3) is 2.59. The minimum atomic E-state index is -0.888. The first-order valence-electron chi connectivity index (χ1n) is 3.68. The molecule has 0 bridgehead atoms. The second-order valence-corrected chi connectivity index (χ2v) is 2.51. The first-order chi connectivity index (χ1) is 6.09. The molecule has 0 unspecified atom stereocenters. The summed E-state index contributed by atoms with van der Waals surface area (Å²) in [7, 11) is 0. The minimum Gasteiger partial charge on any atom is -0.410 e. The van der Waals surface area contributed by atoms with Crippen LogP contribution in [0, 0.1) is 0 Å². The summed E-state index contributed by atoms with van der Waals surface area (Å²) < 4.78 is 4.59. The van der Waals surface area contributed by atoms with Crippen molar-refractivity contribution < 1.29 is 14.3 Å². The molecule has 0 aromatic heterocycles. The Hall–Kier alpha value is -1.84. The van der Waals surface area contributed by atoms with Gasteiger partial charge in [0, 0.05) is 5.56 Å². The van der Waals surface area contributed by atoms with E-state index in [1.807, 2.05) is 0 Å². The van der Waals surface area contributed by atoms with Crippen LogP contribution in [0.2, 0.25) is 0 Å². The molecule has 0 aliphatic carbocycles. The molecule has 0 heterocycles. The Bertz CT molecular complexity index is 346. The number of Topliss-reactive ketones (excluding diaryl/α,β-unsaturated/α-hetero) is 1. The van der Waals surface area contributed by atoms with Crippen molar-refractivity contribution in [3.05, 3.63) is 29.8 Å². The van der Waals surface area contributed by atoms with Crippen LogP contribution in [0.1, 0.15) is 17.3 Å². The molecule has 0 aliphatic heterocycles. The van der Waals surface area contributed by atoms with Crippen LogP contribution in [-0.2, 0) is 0 Å². The number of ketones is 1. The Morgan fingerprint density at radius 1 is 1.38 bits per heavy atom. The third-order valence-corrected chi connectivity index (χ3v) is 1.46. The highest BCUT2D eigenvalue weighted by Gasteiger charge is 2.02. The maximum Gasteiger partial charge on any atom is 0.409 e. The summed E-state index contributed by atoms with van der Waals surface area (Å²) in [6, 6.07) is 6.27. The molecular weight excluding hydrogens is 170 g/mol. The van der Waals surface area contributed by atoms with Crippen LogP contribution in [-0.4, -0.2) is 11.9 Å². The van der Waals surface area contributed by atoms with E-state index >= 15 is 0 Å². The fourth-order valence-corrected chi connectivity index (χ4v) is 0.895. The van der Waals surface area contributed by atoms with Gasteiger partial charge in [0.2, 0.25) is 0 Å². The Morgan fingerprint density at radius 2 is 2.08 bits per heavy atom. The van der Waals surface area contributed by atoms with Gasteiger partial charge in [-0.05, 0) is 19.1 Å². The highest BCUT2D eigenvalue weighted by Crippen LogP contribution is 2.13. The maximum absolute atomic E-state index is 10.9. The molecule has 0 saturated carbocycles. The quantitative estimate of drug-likeness (QED) is 0.696. The molecule has 1 aromatic rings. The summed E-state index contributed by atoms with van der Waals surface area (Å²) in [6.45, 7) is 1.43. The van der Waals surface area contributed by atoms with Crippen LogP contribution in [0.4, 0.5) is 4.79 Å². The van der Waals surface area contributed by atoms with Crippen molar-refractivity contribution in [1.82, 2.24) is 0 Å². The monoisotopic (exact) mass is 179 g/mol. The predicted molar refractivity (Wildman–Crippen MR) is 46.7 cm³/mol. The van der Waals surface area contributed by atoms with Gasteiger partial charge < -0.3 is 10.5 Å². The Morgan fingerprint density at radius 3 is 2.62 bits per heavy atom. The summed E-state index contributed by atoms with van der Waals surface area (Å²) in [5.74, 6) is 0.190. The maximum atomic E-state index is 10.9. The average molecular weight is 179 g/mol. The van der Waals surface area contributed by atoms with Crippen LogP contribution in [0.3, 0.4) is 0 Å². The SMILES string of the molecule is CC(=O)c1cccc(OC(N)=O)c1. The van der Waals surface area contributed by atoms with E-state index in [0.717, 1.165) is 0 Å². The lowest BCUT2D eigenvalue weighted by Gasteiger charge is -2.01. The Kier molecular flexibility index (Phi) is 2.64. The average Bonchev–Trinajstić information content (AvgIpc) is 2.03. The zero-order valence-electron chi connectivity index (χ0n) is 7.11. The van der Waals surface area contributed by atoms with Crippen LogP contribution < -0.4 is 10.5 Å². The van der Waals surface area contributed by atoms with Gasteiger partial charge in [0.05, 0.1) is 0 Å². The van der Waals surface area contributed by atoms with Crippen LogP contribution in [0.25, 0.3) is 0 Å². The zero-order valence-corrected chi connectivity index (χ0v) is 7.11. The molecule has 13 heavy (non-hydrogen) atoms. The number of carbonyl (C=O) groups is 2. The highest BCUT2D eigenvalue weighted by molar-refractivity contribution is 5.94. The summed E-state index contributed by atoms with van der Waals surface area (Å²) in [5, 5.41) is 0. The molecule has 0 aliphatic rings. The van der Waals surface area contributed by atoms with Crippen LogP contribution >= 0.6 is 0 Å². The standard InChI is InChI=1S/C9H9NO3/c1-6(11)7-3-2-4-8(5-7)13-9(10)12/h2-5H,1H3,(H2,10,12). The van der Waals surface area contributed by atoms with E-state index < -0.39 is 6.09 Å². The first kappa shape index (κ1) is 9.25. The second kappa shape index (κ2) is 3.71. The van der Waals surface area contributed by atoms with E-state index in [1.54, 1.807) is 18.2 Å². The normalized spacial score (nSPS) is 9.31. The van der Waals surface area contributed by atoms with E-state index in [4.69, 9.17) is 5.73 Å². The summed E-state index contributed by atoms with van der Waals surface area (Å²) >= 11 is 0. The molecule has 68 valence electrons. The van der Waals surface area contributed by atoms with Crippen molar-refractivity contribution in [1.29, 1.82) is 0 Å².